The third-order valence-electron chi connectivity index (χ3n) is 8.37. The van der Waals surface area contributed by atoms with E-state index in [0.29, 0.717) is 50.1 Å². The number of carbonyl (C=O) groups is 2. The van der Waals surface area contributed by atoms with Gasteiger partial charge < -0.3 is 28.5 Å². The van der Waals surface area contributed by atoms with Crippen molar-refractivity contribution >= 4 is 33.9 Å². The number of benzene rings is 2. The number of para-hydroxylation sites is 1. The lowest BCUT2D eigenvalue weighted by Gasteiger charge is -2.28. The van der Waals surface area contributed by atoms with E-state index in [0.717, 1.165) is 16.5 Å². The van der Waals surface area contributed by atoms with E-state index in [-0.39, 0.29) is 41.6 Å². The van der Waals surface area contributed by atoms with Gasteiger partial charge in [0.25, 0.3) is 0 Å². The van der Waals surface area contributed by atoms with E-state index in [1.54, 1.807) is 17.0 Å². The molecule has 9 nitrogen and oxygen atoms in total. The second-order valence-electron chi connectivity index (χ2n) is 11.1. The molecule has 2 fully saturated rings. The number of carboxylic acids is 1. The molecule has 0 bridgehead atoms. The maximum Gasteiger partial charge on any atom is 0.306 e. The van der Waals surface area contributed by atoms with Gasteiger partial charge in [-0.2, -0.15) is 0 Å². The second-order valence-corrected chi connectivity index (χ2v) is 11.1. The zero-order valence-corrected chi connectivity index (χ0v) is 23.5. The number of carbonyl (C=O) groups excluding carboxylic acids is 1. The van der Waals surface area contributed by atoms with E-state index in [1.807, 2.05) is 42.1 Å². The Morgan fingerprint density at radius 2 is 1.93 bits per heavy atom. The van der Waals surface area contributed by atoms with Crippen LogP contribution in [-0.2, 0) is 32.5 Å². The van der Waals surface area contributed by atoms with Crippen LogP contribution in [0.25, 0.3) is 33.5 Å². The first kappa shape index (κ1) is 27.8. The van der Waals surface area contributed by atoms with Gasteiger partial charge in [0.15, 0.2) is 11.4 Å². The summed E-state index contributed by atoms with van der Waals surface area (Å²) < 4.78 is 34.8. The molecule has 1 aliphatic heterocycles. The summed E-state index contributed by atoms with van der Waals surface area (Å²) in [5.41, 5.74) is 2.37. The Balaban J connectivity index is 1.19. The molecule has 2 aliphatic rings. The molecule has 1 aliphatic carbocycles. The molecule has 0 radical (unpaired) electrons. The van der Waals surface area contributed by atoms with E-state index in [9.17, 15) is 14.7 Å². The van der Waals surface area contributed by atoms with Crippen molar-refractivity contribution in [3.8, 4) is 23.5 Å². The van der Waals surface area contributed by atoms with Crippen molar-refractivity contribution in [2.75, 3.05) is 13.7 Å². The maximum atomic E-state index is 15.7. The second kappa shape index (κ2) is 11.5. The predicted octanol–water partition coefficient (Wildman–Crippen LogP) is 4.90. The number of methoxy groups -OCH3 is 1. The number of aromatic nitrogens is 2. The molecule has 1 amide bonds. The fourth-order valence-electron chi connectivity index (χ4n) is 6.18. The van der Waals surface area contributed by atoms with Crippen molar-refractivity contribution in [2.45, 2.75) is 56.8 Å². The minimum atomic E-state index is -0.762. The number of aliphatic carboxylic acids is 1. The van der Waals surface area contributed by atoms with E-state index in [2.05, 4.69) is 17.0 Å². The summed E-state index contributed by atoms with van der Waals surface area (Å²) in [5, 5.41) is 10.2. The molecule has 3 heterocycles. The lowest BCUT2D eigenvalue weighted by Crippen LogP contribution is -2.37. The van der Waals surface area contributed by atoms with Crippen LogP contribution in [0, 0.1) is 23.8 Å². The van der Waals surface area contributed by atoms with Crippen molar-refractivity contribution in [2.24, 2.45) is 13.0 Å². The SMILES string of the molecule is COC#CC1C[C@@H](OC2CCC(C(=O)O)CC2)CN1C(=O)Cc1ccc2nc(-c3cn(C)c4ccccc34)oc2c1F. The molecule has 6 rings (SSSR count). The monoisotopic (exact) mass is 573 g/mol. The summed E-state index contributed by atoms with van der Waals surface area (Å²) in [6.45, 7) is 0.318. The Morgan fingerprint density at radius 3 is 2.69 bits per heavy atom. The number of fused-ring (bicyclic) bond motifs is 2. The number of ether oxygens (including phenoxy) is 2. The van der Waals surface area contributed by atoms with Crippen molar-refractivity contribution in [3.05, 3.63) is 54.0 Å². The smallest absolute Gasteiger partial charge is 0.306 e. The summed E-state index contributed by atoms with van der Waals surface area (Å²) in [6.07, 6.45) is 7.00. The number of aryl methyl sites for hydroxylation is 1. The number of likely N-dealkylation sites (tertiary alicyclic amines) is 1. The molecule has 1 saturated heterocycles. The third-order valence-corrected chi connectivity index (χ3v) is 8.37. The topological polar surface area (TPSA) is 107 Å². The number of hydrogen-bond donors (Lipinski definition) is 1. The Kier molecular flexibility index (Phi) is 7.60. The average molecular weight is 574 g/mol. The highest BCUT2D eigenvalue weighted by Gasteiger charge is 2.37. The van der Waals surface area contributed by atoms with E-state index >= 15 is 4.39 Å². The molecular weight excluding hydrogens is 541 g/mol. The minimum Gasteiger partial charge on any atom is -0.481 e. The molecule has 2 aromatic heterocycles. The van der Waals surface area contributed by atoms with Crippen LogP contribution in [0.15, 0.2) is 47.0 Å². The van der Waals surface area contributed by atoms with Gasteiger partial charge in [0.2, 0.25) is 11.8 Å². The van der Waals surface area contributed by atoms with Gasteiger partial charge in [0.05, 0.1) is 43.3 Å². The van der Waals surface area contributed by atoms with Gasteiger partial charge in [-0.15, -0.1) is 0 Å². The maximum absolute atomic E-state index is 15.7. The van der Waals surface area contributed by atoms with Gasteiger partial charge in [-0.05, 0) is 43.7 Å². The molecule has 218 valence electrons. The molecule has 42 heavy (non-hydrogen) atoms. The molecule has 4 aromatic rings. The van der Waals surface area contributed by atoms with Crippen LogP contribution in [-0.4, -0.2) is 63.3 Å². The van der Waals surface area contributed by atoms with Crippen LogP contribution >= 0.6 is 0 Å². The molecule has 10 heteroatoms. The van der Waals surface area contributed by atoms with Crippen molar-refractivity contribution in [1.82, 2.24) is 14.5 Å². The molecule has 0 spiro atoms. The Hall–Kier alpha value is -4.36. The first-order valence-corrected chi connectivity index (χ1v) is 14.2. The summed E-state index contributed by atoms with van der Waals surface area (Å²) in [6, 6.07) is 10.7. The van der Waals surface area contributed by atoms with Gasteiger partial charge in [0.1, 0.15) is 11.6 Å². The van der Waals surface area contributed by atoms with Gasteiger partial charge in [-0.1, -0.05) is 24.3 Å². The first-order chi connectivity index (χ1) is 20.3. The standard InChI is InChI=1S/C32H32FN3O6/c1-35-18-25(24-5-3-4-6-27(24)35)31-34-26-12-9-20(29(33)30(26)42-31)15-28(37)36-17-23(16-21(36)13-14-40-2)41-22-10-7-19(8-11-22)32(38)39/h3-6,9,12,18-19,21-23H,7-8,10-11,15-17H2,1-2H3,(H,38,39)/t19?,21?,22?,23-/m1/s1. The van der Waals surface area contributed by atoms with Crippen LogP contribution in [0.1, 0.15) is 37.7 Å². The number of rotatable bonds is 6. The normalized spacial score (nSPS) is 22.3. The number of hydrogen-bond acceptors (Lipinski definition) is 6. The average Bonchev–Trinajstić information content (AvgIpc) is 3.69. The third kappa shape index (κ3) is 5.32. The molecule has 2 aromatic carbocycles. The highest BCUT2D eigenvalue weighted by molar-refractivity contribution is 5.95. The zero-order chi connectivity index (χ0) is 29.4. The summed E-state index contributed by atoms with van der Waals surface area (Å²) in [4.78, 5) is 30.9. The van der Waals surface area contributed by atoms with Crippen LogP contribution in [0.2, 0.25) is 0 Å². The van der Waals surface area contributed by atoms with Gasteiger partial charge in [0, 0.05) is 42.7 Å². The number of amides is 1. The Morgan fingerprint density at radius 1 is 1.14 bits per heavy atom. The molecule has 1 saturated carbocycles. The van der Waals surface area contributed by atoms with Gasteiger partial charge >= 0.3 is 5.97 Å². The largest absolute Gasteiger partial charge is 0.481 e. The zero-order valence-electron chi connectivity index (χ0n) is 23.5. The van der Waals surface area contributed by atoms with Gasteiger partial charge in [-0.25, -0.2) is 9.37 Å². The number of oxazole rings is 1. The number of halogens is 1. The minimum absolute atomic E-state index is 0.0126. The van der Waals surface area contributed by atoms with Crippen molar-refractivity contribution < 1.29 is 33.0 Å². The van der Waals surface area contributed by atoms with E-state index < -0.39 is 17.8 Å². The molecule has 2 atom stereocenters. The molecule has 1 N–H and O–H groups in total. The Bertz CT molecular complexity index is 1710. The highest BCUT2D eigenvalue weighted by atomic mass is 19.1. The number of nitrogens with zero attached hydrogens (tertiary/aromatic N) is 3. The number of carboxylic acid groups (broad SMARTS) is 1. The van der Waals surface area contributed by atoms with Crippen molar-refractivity contribution in [1.29, 1.82) is 0 Å². The fraction of sp³-hybridized carbons (Fsp3) is 0.406. The fourth-order valence-corrected chi connectivity index (χ4v) is 6.18. The molecular formula is C32H32FN3O6. The lowest BCUT2D eigenvalue weighted by atomic mass is 9.87. The predicted molar refractivity (Wildman–Crippen MR) is 153 cm³/mol. The molecule has 1 unspecified atom stereocenters. The quantitative estimate of drug-likeness (QED) is 0.327. The Labute approximate surface area is 242 Å². The summed E-state index contributed by atoms with van der Waals surface area (Å²) in [5.74, 6) is 1.31. The van der Waals surface area contributed by atoms with Gasteiger partial charge in [-0.3, -0.25) is 9.59 Å². The van der Waals surface area contributed by atoms with Crippen LogP contribution in [0.3, 0.4) is 0 Å². The summed E-state index contributed by atoms with van der Waals surface area (Å²) in [7, 11) is 3.39. The van der Waals surface area contributed by atoms with Crippen LogP contribution < -0.4 is 0 Å². The van der Waals surface area contributed by atoms with Crippen LogP contribution in [0.4, 0.5) is 4.39 Å². The first-order valence-electron chi connectivity index (χ1n) is 14.2. The van der Waals surface area contributed by atoms with Crippen LogP contribution in [0.5, 0.6) is 0 Å². The highest BCUT2D eigenvalue weighted by Crippen LogP contribution is 2.34. The van der Waals surface area contributed by atoms with E-state index in [1.165, 1.54) is 7.11 Å². The lowest BCUT2D eigenvalue weighted by molar-refractivity contribution is -0.144. The summed E-state index contributed by atoms with van der Waals surface area (Å²) >= 11 is 0. The van der Waals surface area contributed by atoms with E-state index in [4.69, 9.17) is 13.9 Å². The van der Waals surface area contributed by atoms with Crippen molar-refractivity contribution in [3.63, 3.8) is 0 Å².